The Hall–Kier alpha value is -0.620. The first-order chi connectivity index (χ1) is 3.66. The van der Waals surface area contributed by atoms with Gasteiger partial charge in [0.15, 0.2) is 0 Å². The molecular formula is C6H12N2. The molecule has 0 bridgehead atoms. The molecule has 2 heteroatoms. The van der Waals surface area contributed by atoms with Gasteiger partial charge in [-0.15, -0.1) is 0 Å². The van der Waals surface area contributed by atoms with Crippen LogP contribution in [0.1, 0.15) is 27.2 Å². The topological polar surface area (TPSA) is 36.4 Å². The third-order valence-electron chi connectivity index (χ3n) is 0.874. The quantitative estimate of drug-likeness (QED) is 0.296. The van der Waals surface area contributed by atoms with E-state index in [9.17, 15) is 0 Å². The lowest BCUT2D eigenvalue weighted by molar-refractivity contribution is -0.00982. The highest BCUT2D eigenvalue weighted by molar-refractivity contribution is 5.76. The second-order valence-corrected chi connectivity index (χ2v) is 2.43. The van der Waals surface area contributed by atoms with Gasteiger partial charge in [-0.05, 0) is 5.92 Å². The summed E-state index contributed by atoms with van der Waals surface area (Å²) in [7, 11) is 0. The lowest BCUT2D eigenvalue weighted by Crippen LogP contribution is -1.97. The summed E-state index contributed by atoms with van der Waals surface area (Å²) in [6, 6.07) is 0. The number of hydrogen-bond acceptors (Lipinski definition) is 0. The Labute approximate surface area is 50.1 Å². The molecule has 0 rings (SSSR count). The van der Waals surface area contributed by atoms with Crippen molar-refractivity contribution in [2.24, 2.45) is 5.92 Å². The van der Waals surface area contributed by atoms with E-state index in [1.54, 1.807) is 0 Å². The van der Waals surface area contributed by atoms with Crippen molar-refractivity contribution in [1.82, 2.24) is 0 Å². The fourth-order valence-corrected chi connectivity index (χ4v) is 0.632. The zero-order chi connectivity index (χ0) is 6.57. The van der Waals surface area contributed by atoms with E-state index >= 15 is 0 Å². The van der Waals surface area contributed by atoms with Gasteiger partial charge in [-0.2, -0.15) is 4.79 Å². The molecule has 2 nitrogen and oxygen atoms in total. The average Bonchev–Trinajstić information content (AvgIpc) is 1.65. The zero-order valence-electron chi connectivity index (χ0n) is 5.68. The SMILES string of the molecule is CC(CC(C)C)=[N+]=[N-]. The maximum Gasteiger partial charge on any atom is 0.266 e. The Balaban J connectivity index is 3.56. The maximum atomic E-state index is 8.17. The molecule has 8 heavy (non-hydrogen) atoms. The van der Waals surface area contributed by atoms with Crippen LogP contribution in [0.5, 0.6) is 0 Å². The lowest BCUT2D eigenvalue weighted by atomic mass is 10.1. The highest BCUT2D eigenvalue weighted by Crippen LogP contribution is 1.97. The van der Waals surface area contributed by atoms with E-state index in [0.717, 1.165) is 12.1 Å². The number of nitrogens with zero attached hydrogens (tertiary/aromatic N) is 2. The van der Waals surface area contributed by atoms with Crippen molar-refractivity contribution >= 4 is 5.71 Å². The summed E-state index contributed by atoms with van der Waals surface area (Å²) in [6.45, 7) is 6.00. The van der Waals surface area contributed by atoms with Crippen molar-refractivity contribution in [1.29, 1.82) is 0 Å². The lowest BCUT2D eigenvalue weighted by Gasteiger charge is -1.93. The average molecular weight is 112 g/mol. The standard InChI is InChI=1S/C6H12N2/c1-5(2)4-6(3)8-7/h5H,4H2,1-3H3. The van der Waals surface area contributed by atoms with Crippen molar-refractivity contribution in [2.75, 3.05) is 0 Å². The van der Waals surface area contributed by atoms with Crippen LogP contribution < -0.4 is 0 Å². The predicted molar refractivity (Wildman–Crippen MR) is 33.8 cm³/mol. The Morgan fingerprint density at radius 1 is 1.62 bits per heavy atom. The fourth-order valence-electron chi connectivity index (χ4n) is 0.632. The van der Waals surface area contributed by atoms with Crippen molar-refractivity contribution in [2.45, 2.75) is 27.2 Å². The molecule has 0 N–H and O–H groups in total. The van der Waals surface area contributed by atoms with Crippen molar-refractivity contribution < 1.29 is 4.79 Å². The second-order valence-electron chi connectivity index (χ2n) is 2.43. The molecule has 0 aromatic rings. The van der Waals surface area contributed by atoms with Crippen LogP contribution in [0.2, 0.25) is 0 Å². The fraction of sp³-hybridized carbons (Fsp3) is 0.833. The molecule has 46 valence electrons. The van der Waals surface area contributed by atoms with Gasteiger partial charge in [0, 0.05) is 13.3 Å². The molecular weight excluding hydrogens is 100 g/mol. The molecule has 0 radical (unpaired) electrons. The summed E-state index contributed by atoms with van der Waals surface area (Å²) in [6.07, 6.45) is 0.885. The maximum absolute atomic E-state index is 8.17. The van der Waals surface area contributed by atoms with E-state index in [1.807, 2.05) is 6.92 Å². The molecule has 0 aliphatic rings. The minimum absolute atomic E-state index is 0.589. The second kappa shape index (κ2) is 3.39. The molecule has 0 atom stereocenters. The monoisotopic (exact) mass is 112 g/mol. The molecule has 0 amide bonds. The molecule has 0 fully saturated rings. The molecule has 0 aromatic heterocycles. The highest BCUT2D eigenvalue weighted by atomic mass is 14.8. The van der Waals surface area contributed by atoms with Gasteiger partial charge in [-0.25, -0.2) is 0 Å². The molecule has 0 aromatic carbocycles. The summed E-state index contributed by atoms with van der Waals surface area (Å²) in [5, 5.41) is 0. The van der Waals surface area contributed by atoms with E-state index in [1.165, 1.54) is 0 Å². The van der Waals surface area contributed by atoms with Crippen molar-refractivity contribution in [3.05, 3.63) is 5.53 Å². The Kier molecular flexibility index (Phi) is 3.13. The molecule has 0 saturated carbocycles. The van der Waals surface area contributed by atoms with Gasteiger partial charge in [-0.1, -0.05) is 13.8 Å². The van der Waals surface area contributed by atoms with Gasteiger partial charge in [0.05, 0.1) is 0 Å². The molecule has 0 heterocycles. The van der Waals surface area contributed by atoms with Crippen LogP contribution in [0.15, 0.2) is 0 Å². The summed E-state index contributed by atoms with van der Waals surface area (Å²) in [4.78, 5) is 3.05. The molecule has 0 saturated heterocycles. The Morgan fingerprint density at radius 2 is 2.12 bits per heavy atom. The van der Waals surface area contributed by atoms with Crippen LogP contribution in [-0.4, -0.2) is 10.5 Å². The normalized spacial score (nSPS) is 9.00. The van der Waals surface area contributed by atoms with Crippen LogP contribution in [0.3, 0.4) is 0 Å². The van der Waals surface area contributed by atoms with Gasteiger partial charge < -0.3 is 5.53 Å². The first-order valence-electron chi connectivity index (χ1n) is 2.84. The smallest absolute Gasteiger partial charge is 0.266 e. The Bertz CT molecular complexity index is 110. The first-order valence-corrected chi connectivity index (χ1v) is 2.84. The third-order valence-corrected chi connectivity index (χ3v) is 0.874. The molecule has 0 aliphatic carbocycles. The van der Waals surface area contributed by atoms with Gasteiger partial charge in [0.1, 0.15) is 0 Å². The molecule has 0 unspecified atom stereocenters. The zero-order valence-corrected chi connectivity index (χ0v) is 5.68. The van der Waals surface area contributed by atoms with E-state index in [-0.39, 0.29) is 0 Å². The Morgan fingerprint density at radius 3 is 2.25 bits per heavy atom. The van der Waals surface area contributed by atoms with Crippen LogP contribution in [0.4, 0.5) is 0 Å². The van der Waals surface area contributed by atoms with E-state index in [4.69, 9.17) is 5.53 Å². The number of hydrogen-bond donors (Lipinski definition) is 0. The summed E-state index contributed by atoms with van der Waals surface area (Å²) >= 11 is 0. The minimum Gasteiger partial charge on any atom is -0.362 e. The van der Waals surface area contributed by atoms with Crippen LogP contribution in [-0.2, 0) is 0 Å². The van der Waals surface area contributed by atoms with E-state index in [0.29, 0.717) is 5.92 Å². The largest absolute Gasteiger partial charge is 0.362 e. The minimum atomic E-state index is 0.589. The van der Waals surface area contributed by atoms with Gasteiger partial charge in [-0.3, -0.25) is 0 Å². The number of rotatable bonds is 2. The molecule has 0 aliphatic heterocycles. The predicted octanol–water partition coefficient (Wildman–Crippen LogP) is 1.72. The van der Waals surface area contributed by atoms with Crippen molar-refractivity contribution in [3.63, 3.8) is 0 Å². The summed E-state index contributed by atoms with van der Waals surface area (Å²) in [5.74, 6) is 0.589. The van der Waals surface area contributed by atoms with Gasteiger partial charge in [0.25, 0.3) is 5.71 Å². The van der Waals surface area contributed by atoms with E-state index < -0.39 is 0 Å². The summed E-state index contributed by atoms with van der Waals surface area (Å²) < 4.78 is 0. The van der Waals surface area contributed by atoms with Gasteiger partial charge >= 0.3 is 0 Å². The summed E-state index contributed by atoms with van der Waals surface area (Å²) in [5.41, 5.74) is 8.98. The van der Waals surface area contributed by atoms with Crippen LogP contribution >= 0.6 is 0 Å². The van der Waals surface area contributed by atoms with Crippen LogP contribution in [0, 0.1) is 5.92 Å². The van der Waals surface area contributed by atoms with Crippen LogP contribution in [0.25, 0.3) is 5.53 Å². The highest BCUT2D eigenvalue weighted by Gasteiger charge is 2.01. The first kappa shape index (κ1) is 7.38. The third kappa shape index (κ3) is 3.57. The van der Waals surface area contributed by atoms with Gasteiger partial charge in [0.2, 0.25) is 0 Å². The molecule has 0 spiro atoms. The van der Waals surface area contributed by atoms with E-state index in [2.05, 4.69) is 18.6 Å². The van der Waals surface area contributed by atoms with Crippen molar-refractivity contribution in [3.8, 4) is 0 Å².